The summed E-state index contributed by atoms with van der Waals surface area (Å²) in [4.78, 5) is 20.5. The van der Waals surface area contributed by atoms with Gasteiger partial charge in [0.05, 0.1) is 5.56 Å². The first-order chi connectivity index (χ1) is 15.3. The fourth-order valence-corrected chi connectivity index (χ4v) is 3.85. The lowest BCUT2D eigenvalue weighted by molar-refractivity contribution is -0.137. The van der Waals surface area contributed by atoms with E-state index < -0.39 is 11.7 Å². The Balaban J connectivity index is 1.34. The molecule has 0 spiro atoms. The molecule has 2 aromatic carbocycles. The molecule has 1 saturated heterocycles. The van der Waals surface area contributed by atoms with Crippen molar-refractivity contribution < 1.29 is 22.4 Å². The van der Waals surface area contributed by atoms with E-state index in [1.54, 1.807) is 17.0 Å². The minimum absolute atomic E-state index is 0.327. The van der Waals surface area contributed by atoms with E-state index in [4.69, 9.17) is 0 Å². The number of benzene rings is 2. The maximum Gasteiger partial charge on any atom is 0.416 e. The van der Waals surface area contributed by atoms with E-state index in [9.17, 15) is 22.4 Å². The highest BCUT2D eigenvalue weighted by atomic mass is 32.1. The molecule has 3 aromatic rings. The van der Waals surface area contributed by atoms with Crippen molar-refractivity contribution in [3.05, 3.63) is 65.5 Å². The largest absolute Gasteiger partial charge is 0.416 e. The molecule has 2 heterocycles. The number of halogens is 4. The molecule has 4 rings (SSSR count). The third kappa shape index (κ3) is 5.06. The molecule has 5 nitrogen and oxygen atoms in total. The van der Waals surface area contributed by atoms with Crippen molar-refractivity contribution in [2.24, 2.45) is 0 Å². The smallest absolute Gasteiger partial charge is 0.343 e. The normalized spacial score (nSPS) is 14.1. The minimum Gasteiger partial charge on any atom is -0.343 e. The Bertz CT molecular complexity index is 1160. The Labute approximate surface area is 185 Å². The molecular weight excluding hydrogens is 444 g/mol. The first kappa shape index (κ1) is 21.8. The van der Waals surface area contributed by atoms with Gasteiger partial charge in [-0.15, -0.1) is 0 Å². The summed E-state index contributed by atoms with van der Waals surface area (Å²) in [7, 11) is 0. The standard InChI is InChI=1S/C22H16F4N4OS/c23-18-8-4-16(5-9-18)20-27-21(32-28-20)30-13-11-29(12-14-30)19(31)10-3-15-1-6-17(7-2-15)22(24,25)26/h1-2,4-9H,11-14H2. The highest BCUT2D eigenvalue weighted by Gasteiger charge is 2.29. The van der Waals surface area contributed by atoms with Crippen LogP contribution < -0.4 is 4.90 Å². The van der Waals surface area contributed by atoms with Crippen molar-refractivity contribution in [3.8, 4) is 23.2 Å². The number of anilines is 1. The summed E-state index contributed by atoms with van der Waals surface area (Å²) >= 11 is 1.23. The highest BCUT2D eigenvalue weighted by Crippen LogP contribution is 2.29. The van der Waals surface area contributed by atoms with Crippen LogP contribution in [0.4, 0.5) is 22.7 Å². The maximum atomic E-state index is 13.1. The number of nitrogens with zero attached hydrogens (tertiary/aromatic N) is 4. The Morgan fingerprint density at radius 3 is 2.25 bits per heavy atom. The van der Waals surface area contributed by atoms with Gasteiger partial charge in [0.2, 0.25) is 5.13 Å². The van der Waals surface area contributed by atoms with Crippen molar-refractivity contribution >= 4 is 22.6 Å². The minimum atomic E-state index is -4.41. The molecule has 0 aliphatic carbocycles. The van der Waals surface area contributed by atoms with Crippen LogP contribution in [0.15, 0.2) is 48.5 Å². The van der Waals surface area contributed by atoms with Crippen LogP contribution >= 0.6 is 11.5 Å². The second-order valence-corrected chi connectivity index (χ2v) is 7.74. The SMILES string of the molecule is O=C(C#Cc1ccc(C(F)(F)F)cc1)N1CCN(c2nc(-c3ccc(F)cc3)ns2)CC1. The van der Waals surface area contributed by atoms with Crippen molar-refractivity contribution in [3.63, 3.8) is 0 Å². The van der Waals surface area contributed by atoms with E-state index in [0.29, 0.717) is 42.7 Å². The third-order valence-corrected chi connectivity index (χ3v) is 5.66. The predicted molar refractivity (Wildman–Crippen MR) is 112 cm³/mol. The van der Waals surface area contributed by atoms with E-state index in [1.807, 2.05) is 4.90 Å². The zero-order chi connectivity index (χ0) is 22.7. The maximum absolute atomic E-state index is 13.1. The Kier molecular flexibility index (Phi) is 6.10. The fourth-order valence-electron chi connectivity index (χ4n) is 3.11. The lowest BCUT2D eigenvalue weighted by Crippen LogP contribution is -2.48. The average Bonchev–Trinajstić information content (AvgIpc) is 3.28. The highest BCUT2D eigenvalue weighted by molar-refractivity contribution is 7.09. The number of alkyl halides is 3. The van der Waals surface area contributed by atoms with Crippen LogP contribution in [0.5, 0.6) is 0 Å². The van der Waals surface area contributed by atoms with Crippen LogP contribution in [0.2, 0.25) is 0 Å². The number of amides is 1. The number of hydrogen-bond acceptors (Lipinski definition) is 5. The van der Waals surface area contributed by atoms with E-state index >= 15 is 0 Å². The number of aromatic nitrogens is 2. The molecule has 1 amide bonds. The van der Waals surface area contributed by atoms with Gasteiger partial charge in [0.1, 0.15) is 5.82 Å². The van der Waals surface area contributed by atoms with Crippen LogP contribution in [-0.4, -0.2) is 46.3 Å². The molecule has 1 fully saturated rings. The molecule has 0 unspecified atom stereocenters. The number of hydrogen-bond donors (Lipinski definition) is 0. The molecule has 32 heavy (non-hydrogen) atoms. The zero-order valence-electron chi connectivity index (χ0n) is 16.6. The van der Waals surface area contributed by atoms with Crippen LogP contribution in [0, 0.1) is 17.7 Å². The first-order valence-corrected chi connectivity index (χ1v) is 10.4. The zero-order valence-corrected chi connectivity index (χ0v) is 17.4. The first-order valence-electron chi connectivity index (χ1n) is 9.62. The van der Waals surface area contributed by atoms with Crippen LogP contribution in [0.25, 0.3) is 11.4 Å². The van der Waals surface area contributed by atoms with Crippen molar-refractivity contribution in [1.82, 2.24) is 14.3 Å². The number of carbonyl (C=O) groups excluding carboxylic acids is 1. The fraction of sp³-hybridized carbons (Fsp3) is 0.227. The molecule has 1 aliphatic rings. The van der Waals surface area contributed by atoms with Gasteiger partial charge in [-0.2, -0.15) is 22.5 Å². The molecule has 164 valence electrons. The summed E-state index contributed by atoms with van der Waals surface area (Å²) in [5.41, 5.74) is 0.304. The lowest BCUT2D eigenvalue weighted by atomic mass is 10.1. The molecule has 0 radical (unpaired) electrons. The van der Waals surface area contributed by atoms with Crippen LogP contribution in [0.1, 0.15) is 11.1 Å². The van der Waals surface area contributed by atoms with Crippen LogP contribution in [0.3, 0.4) is 0 Å². The van der Waals surface area contributed by atoms with Gasteiger partial charge in [0, 0.05) is 54.8 Å². The number of piperazine rings is 1. The van der Waals surface area contributed by atoms with Crippen molar-refractivity contribution in [1.29, 1.82) is 0 Å². The summed E-state index contributed by atoms with van der Waals surface area (Å²) in [6.07, 6.45) is -4.41. The van der Waals surface area contributed by atoms with Gasteiger partial charge in [-0.25, -0.2) is 4.39 Å². The van der Waals surface area contributed by atoms with Gasteiger partial charge < -0.3 is 9.80 Å². The lowest BCUT2D eigenvalue weighted by Gasteiger charge is -2.33. The second-order valence-electron chi connectivity index (χ2n) is 7.01. The van der Waals surface area contributed by atoms with Crippen LogP contribution in [-0.2, 0) is 11.0 Å². The molecule has 0 N–H and O–H groups in total. The molecule has 1 aliphatic heterocycles. The van der Waals surface area contributed by atoms with E-state index in [0.717, 1.165) is 17.7 Å². The summed E-state index contributed by atoms with van der Waals surface area (Å²) in [6, 6.07) is 10.3. The van der Waals surface area contributed by atoms with E-state index in [2.05, 4.69) is 21.2 Å². The number of rotatable bonds is 2. The summed E-state index contributed by atoms with van der Waals surface area (Å²) in [5, 5.41) is 0.715. The second kappa shape index (κ2) is 8.96. The predicted octanol–water partition coefficient (Wildman–Crippen LogP) is 4.06. The van der Waals surface area contributed by atoms with E-state index in [-0.39, 0.29) is 11.7 Å². The quantitative estimate of drug-likeness (QED) is 0.428. The van der Waals surface area contributed by atoms with Crippen molar-refractivity contribution in [2.75, 3.05) is 31.1 Å². The Hall–Kier alpha value is -3.45. The number of carbonyl (C=O) groups is 1. The van der Waals surface area contributed by atoms with Gasteiger partial charge in [0.25, 0.3) is 5.91 Å². The average molecular weight is 460 g/mol. The molecule has 10 heteroatoms. The Morgan fingerprint density at radius 2 is 1.62 bits per heavy atom. The third-order valence-electron chi connectivity index (χ3n) is 4.88. The van der Waals surface area contributed by atoms with Gasteiger partial charge >= 0.3 is 6.18 Å². The molecule has 0 bridgehead atoms. The van der Waals surface area contributed by atoms with Gasteiger partial charge in [-0.05, 0) is 48.5 Å². The summed E-state index contributed by atoms with van der Waals surface area (Å²) in [5.74, 6) is 4.92. The molecular formula is C22H16F4N4OS. The molecule has 0 atom stereocenters. The van der Waals surface area contributed by atoms with E-state index in [1.165, 1.54) is 35.8 Å². The summed E-state index contributed by atoms with van der Waals surface area (Å²) < 4.78 is 55.2. The van der Waals surface area contributed by atoms with Gasteiger partial charge in [0.15, 0.2) is 5.82 Å². The van der Waals surface area contributed by atoms with Crippen molar-refractivity contribution in [2.45, 2.75) is 6.18 Å². The molecule has 1 aromatic heterocycles. The van der Waals surface area contributed by atoms with Gasteiger partial charge in [-0.3, -0.25) is 4.79 Å². The molecule has 0 saturated carbocycles. The topological polar surface area (TPSA) is 49.3 Å². The monoisotopic (exact) mass is 460 g/mol. The van der Waals surface area contributed by atoms with Gasteiger partial charge in [-0.1, -0.05) is 5.92 Å². The summed E-state index contributed by atoms with van der Waals surface area (Å²) in [6.45, 7) is 1.97. The Morgan fingerprint density at radius 1 is 0.969 bits per heavy atom.